The van der Waals surface area contributed by atoms with Gasteiger partial charge in [-0.2, -0.15) is 0 Å². The van der Waals surface area contributed by atoms with Crippen LogP contribution in [0.2, 0.25) is 0 Å². The number of thioether (sulfide) groups is 2. The Labute approximate surface area is 128 Å². The lowest BCUT2D eigenvalue weighted by Gasteiger charge is -2.20. The van der Waals surface area contributed by atoms with Crippen molar-refractivity contribution in [3.63, 3.8) is 0 Å². The van der Waals surface area contributed by atoms with Crippen LogP contribution in [0.3, 0.4) is 0 Å². The van der Waals surface area contributed by atoms with Gasteiger partial charge in [-0.1, -0.05) is 0 Å². The first-order chi connectivity index (χ1) is 9.95. The average Bonchev–Trinajstić information content (AvgIpc) is 2.95. The Hall–Kier alpha value is -1.74. The van der Waals surface area contributed by atoms with E-state index in [1.807, 2.05) is 0 Å². The van der Waals surface area contributed by atoms with Gasteiger partial charge in [-0.05, 0) is 18.4 Å². The van der Waals surface area contributed by atoms with Gasteiger partial charge in [-0.3, -0.25) is 14.9 Å². The quantitative estimate of drug-likeness (QED) is 0.512. The zero-order chi connectivity index (χ0) is 15.6. The molecule has 7 nitrogen and oxygen atoms in total. The molecule has 1 fully saturated rings. The highest BCUT2D eigenvalue weighted by molar-refractivity contribution is 7.99. The van der Waals surface area contributed by atoms with Crippen LogP contribution in [0.4, 0.5) is 5.69 Å². The molecule has 1 atom stereocenters. The molecule has 1 N–H and O–H groups in total. The van der Waals surface area contributed by atoms with E-state index in [-0.39, 0.29) is 17.1 Å². The lowest BCUT2D eigenvalue weighted by atomic mass is 10.1. The molecule has 0 radical (unpaired) electrons. The molecule has 1 aliphatic rings. The molecule has 0 bridgehead atoms. The third kappa shape index (κ3) is 3.13. The Morgan fingerprint density at radius 1 is 1.52 bits per heavy atom. The van der Waals surface area contributed by atoms with Crippen LogP contribution in [-0.2, 0) is 4.79 Å². The van der Waals surface area contributed by atoms with Crippen LogP contribution >= 0.6 is 23.5 Å². The maximum absolute atomic E-state index is 12.4. The van der Waals surface area contributed by atoms with E-state index in [4.69, 9.17) is 5.11 Å². The van der Waals surface area contributed by atoms with E-state index >= 15 is 0 Å². The molecule has 1 aliphatic heterocycles. The van der Waals surface area contributed by atoms with Gasteiger partial charge in [0.05, 0.1) is 15.7 Å². The Morgan fingerprint density at radius 3 is 2.81 bits per heavy atom. The maximum atomic E-state index is 12.4. The summed E-state index contributed by atoms with van der Waals surface area (Å²) in [4.78, 5) is 35.6. The van der Waals surface area contributed by atoms with Gasteiger partial charge in [0.2, 0.25) is 0 Å². The predicted molar refractivity (Wildman–Crippen MR) is 79.8 cm³/mol. The summed E-state index contributed by atoms with van der Waals surface area (Å²) in [5.41, 5.74) is -0.0136. The van der Waals surface area contributed by atoms with Crippen LogP contribution in [0.25, 0.3) is 0 Å². The minimum atomic E-state index is -1.07. The zero-order valence-corrected chi connectivity index (χ0v) is 12.6. The van der Waals surface area contributed by atoms with Gasteiger partial charge in [0, 0.05) is 17.4 Å². The third-order valence-corrected chi connectivity index (χ3v) is 4.85. The van der Waals surface area contributed by atoms with E-state index in [9.17, 15) is 19.7 Å². The first-order valence-electron chi connectivity index (χ1n) is 5.89. The van der Waals surface area contributed by atoms with Crippen LogP contribution in [-0.4, -0.2) is 50.7 Å². The van der Waals surface area contributed by atoms with Crippen molar-refractivity contribution in [3.05, 3.63) is 33.9 Å². The lowest BCUT2D eigenvalue weighted by Crippen LogP contribution is -2.41. The van der Waals surface area contributed by atoms with Gasteiger partial charge < -0.3 is 10.0 Å². The summed E-state index contributed by atoms with van der Waals surface area (Å²) in [5, 5.41) is 20.1. The molecule has 0 spiro atoms. The van der Waals surface area contributed by atoms with Crippen molar-refractivity contribution >= 4 is 41.1 Å². The smallest absolute Gasteiger partial charge is 0.327 e. The first-order valence-corrected chi connectivity index (χ1v) is 8.27. The van der Waals surface area contributed by atoms with E-state index in [2.05, 4.69) is 0 Å². The summed E-state index contributed by atoms with van der Waals surface area (Å²) < 4.78 is 0. The molecule has 1 saturated heterocycles. The first kappa shape index (κ1) is 15.6. The monoisotopic (exact) mass is 328 g/mol. The molecule has 21 heavy (non-hydrogen) atoms. The highest BCUT2D eigenvalue weighted by Gasteiger charge is 2.35. The number of carboxylic acids is 1. The number of aliphatic carboxylic acids is 1. The van der Waals surface area contributed by atoms with Crippen molar-refractivity contribution in [1.82, 2.24) is 4.90 Å². The van der Waals surface area contributed by atoms with Crippen LogP contribution < -0.4 is 0 Å². The fraction of sp³-hybridized carbons (Fsp3) is 0.333. The number of amides is 1. The Kier molecular flexibility index (Phi) is 4.73. The van der Waals surface area contributed by atoms with Crippen molar-refractivity contribution in [2.75, 3.05) is 17.9 Å². The summed E-state index contributed by atoms with van der Waals surface area (Å²) in [7, 11) is 0. The topological polar surface area (TPSA) is 101 Å². The summed E-state index contributed by atoms with van der Waals surface area (Å²) in [6.07, 6.45) is 1.71. The van der Waals surface area contributed by atoms with Crippen LogP contribution in [0.1, 0.15) is 10.4 Å². The van der Waals surface area contributed by atoms with Gasteiger partial charge in [-0.15, -0.1) is 23.5 Å². The van der Waals surface area contributed by atoms with Gasteiger partial charge in [0.1, 0.15) is 6.04 Å². The van der Waals surface area contributed by atoms with E-state index in [0.717, 1.165) is 0 Å². The fourth-order valence-electron chi connectivity index (χ4n) is 1.98. The molecular formula is C12H12N2O5S2. The Morgan fingerprint density at radius 2 is 2.24 bits per heavy atom. The molecule has 0 saturated carbocycles. The number of hydrogen-bond donors (Lipinski definition) is 1. The number of nitro benzene ring substituents is 1. The molecule has 1 amide bonds. The van der Waals surface area contributed by atoms with Crippen LogP contribution in [0.15, 0.2) is 23.1 Å². The van der Waals surface area contributed by atoms with Crippen molar-refractivity contribution in [1.29, 1.82) is 0 Å². The number of nitro groups is 1. The number of benzene rings is 1. The normalized spacial score (nSPS) is 17.8. The van der Waals surface area contributed by atoms with Crippen LogP contribution in [0, 0.1) is 10.1 Å². The van der Waals surface area contributed by atoms with Gasteiger partial charge in [-0.25, -0.2) is 4.79 Å². The second-order valence-corrected chi connectivity index (χ2v) is 6.12. The minimum absolute atomic E-state index is 0.133. The fourth-order valence-corrected chi connectivity index (χ4v) is 3.67. The summed E-state index contributed by atoms with van der Waals surface area (Å²) in [6.45, 7) is 0. The molecule has 1 aromatic rings. The number of carbonyl (C=O) groups excluding carboxylic acids is 1. The number of carboxylic acid groups (broad SMARTS) is 1. The molecular weight excluding hydrogens is 316 g/mol. The highest BCUT2D eigenvalue weighted by atomic mass is 32.2. The molecule has 1 heterocycles. The van der Waals surface area contributed by atoms with Crippen molar-refractivity contribution in [2.24, 2.45) is 0 Å². The summed E-state index contributed by atoms with van der Waals surface area (Å²) >= 11 is 2.56. The van der Waals surface area contributed by atoms with E-state index in [0.29, 0.717) is 10.6 Å². The lowest BCUT2D eigenvalue weighted by molar-refractivity contribution is -0.387. The standard InChI is InChI=1S/C12H12N2O5S2/c1-20-10-3-2-7(4-8(10)14(18)19)11(15)13-6-21-5-9(13)12(16)17/h2-4,9H,5-6H2,1H3,(H,16,17). The second-order valence-electron chi connectivity index (χ2n) is 4.27. The number of carbonyl (C=O) groups is 2. The molecule has 1 unspecified atom stereocenters. The third-order valence-electron chi connectivity index (χ3n) is 3.05. The zero-order valence-electron chi connectivity index (χ0n) is 11.0. The van der Waals surface area contributed by atoms with E-state index in [1.54, 1.807) is 6.26 Å². The van der Waals surface area contributed by atoms with E-state index < -0.39 is 22.8 Å². The number of nitrogens with zero attached hydrogens (tertiary/aromatic N) is 2. The predicted octanol–water partition coefficient (Wildman–Crippen LogP) is 1.92. The molecule has 1 aromatic carbocycles. The summed E-state index contributed by atoms with van der Waals surface area (Å²) in [6, 6.07) is 3.32. The molecule has 0 aromatic heterocycles. The average molecular weight is 328 g/mol. The number of hydrogen-bond acceptors (Lipinski definition) is 6. The minimum Gasteiger partial charge on any atom is -0.480 e. The molecule has 0 aliphatic carbocycles. The molecule has 9 heteroatoms. The van der Waals surface area contributed by atoms with Crippen molar-refractivity contribution < 1.29 is 19.6 Å². The highest BCUT2D eigenvalue weighted by Crippen LogP contribution is 2.30. The van der Waals surface area contributed by atoms with Crippen LogP contribution in [0.5, 0.6) is 0 Å². The largest absolute Gasteiger partial charge is 0.480 e. The van der Waals surface area contributed by atoms with Gasteiger partial charge in [0.25, 0.3) is 11.6 Å². The Bertz CT molecular complexity index is 607. The number of rotatable bonds is 4. The Balaban J connectivity index is 2.33. The molecule has 2 rings (SSSR count). The van der Waals surface area contributed by atoms with Crippen molar-refractivity contribution in [3.8, 4) is 0 Å². The van der Waals surface area contributed by atoms with Crippen molar-refractivity contribution in [2.45, 2.75) is 10.9 Å². The van der Waals surface area contributed by atoms with E-state index in [1.165, 1.54) is 46.6 Å². The summed E-state index contributed by atoms with van der Waals surface area (Å²) in [5.74, 6) is -0.966. The van der Waals surface area contributed by atoms with Gasteiger partial charge in [0.15, 0.2) is 0 Å². The SMILES string of the molecule is CSc1ccc(C(=O)N2CSCC2C(=O)O)cc1[N+](=O)[O-]. The second kappa shape index (κ2) is 6.35. The van der Waals surface area contributed by atoms with Gasteiger partial charge >= 0.3 is 5.97 Å². The molecule has 112 valence electrons. The maximum Gasteiger partial charge on any atom is 0.327 e.